The van der Waals surface area contributed by atoms with Gasteiger partial charge in [0.2, 0.25) is 0 Å². The van der Waals surface area contributed by atoms with Gasteiger partial charge >= 0.3 is 0 Å². The third-order valence-electron chi connectivity index (χ3n) is 2.99. The average molecular weight is 270 g/mol. The number of hydrogen-bond acceptors (Lipinski definition) is 4. The largest absolute Gasteiger partial charge is 0.270 e. The molecule has 0 unspecified atom stereocenters. The van der Waals surface area contributed by atoms with Gasteiger partial charge in [-0.05, 0) is 24.5 Å². The summed E-state index contributed by atoms with van der Waals surface area (Å²) in [6, 6.07) is 12.9. The Hall–Kier alpha value is -2.27. The first-order chi connectivity index (χ1) is 9.15. The van der Waals surface area contributed by atoms with Gasteiger partial charge in [-0.3, -0.25) is 10.1 Å². The second-order valence-corrected chi connectivity index (χ2v) is 5.14. The van der Waals surface area contributed by atoms with E-state index in [0.29, 0.717) is 0 Å². The van der Waals surface area contributed by atoms with Gasteiger partial charge in [0.25, 0.3) is 5.69 Å². The Morgan fingerprint density at radius 2 is 1.89 bits per heavy atom. The molecular weight excluding hydrogens is 260 g/mol. The third-order valence-corrected chi connectivity index (χ3v) is 3.82. The van der Waals surface area contributed by atoms with Gasteiger partial charge in [-0.2, -0.15) is 4.37 Å². The molecule has 4 nitrogen and oxygen atoms in total. The predicted octanol–water partition coefficient (Wildman–Crippen LogP) is 4.18. The fourth-order valence-corrected chi connectivity index (χ4v) is 2.74. The molecule has 0 N–H and O–H groups in total. The molecular formula is C14H10N2O2S. The number of nitro groups is 1. The van der Waals surface area contributed by atoms with Crippen molar-refractivity contribution in [2.24, 2.45) is 0 Å². The van der Waals surface area contributed by atoms with Crippen LogP contribution < -0.4 is 0 Å². The minimum absolute atomic E-state index is 0.0982. The smallest absolute Gasteiger partial charge is 0.258 e. The molecule has 94 valence electrons. The van der Waals surface area contributed by atoms with Gasteiger partial charge in [0.1, 0.15) is 0 Å². The monoisotopic (exact) mass is 270 g/mol. The van der Waals surface area contributed by atoms with Crippen LogP contribution in [-0.2, 0) is 0 Å². The summed E-state index contributed by atoms with van der Waals surface area (Å²) in [4.78, 5) is 10.5. The van der Waals surface area contributed by atoms with Crippen molar-refractivity contribution in [2.45, 2.75) is 6.92 Å². The first-order valence-electron chi connectivity index (χ1n) is 5.76. The van der Waals surface area contributed by atoms with E-state index in [9.17, 15) is 10.1 Å². The Morgan fingerprint density at radius 3 is 2.58 bits per heavy atom. The van der Waals surface area contributed by atoms with Crippen LogP contribution in [0.15, 0.2) is 42.5 Å². The molecule has 0 amide bonds. The molecule has 1 heterocycles. The Bertz CT molecular complexity index is 763. The molecule has 0 aliphatic rings. The lowest BCUT2D eigenvalue weighted by Gasteiger charge is -1.99. The van der Waals surface area contributed by atoms with Crippen LogP contribution >= 0.6 is 11.5 Å². The summed E-state index contributed by atoms with van der Waals surface area (Å²) in [5, 5.41) is 11.7. The van der Waals surface area contributed by atoms with E-state index in [1.54, 1.807) is 12.1 Å². The zero-order chi connectivity index (χ0) is 13.4. The van der Waals surface area contributed by atoms with Gasteiger partial charge in [0.05, 0.1) is 15.3 Å². The molecule has 0 fully saturated rings. The standard InChI is InChI=1S/C14H10N2O2S/c1-9-2-4-10(5-3-9)14-12-8-11(16(17)18)6-7-13(12)19-15-14/h2-8H,1H3. The van der Waals surface area contributed by atoms with E-state index >= 15 is 0 Å². The summed E-state index contributed by atoms with van der Waals surface area (Å²) in [7, 11) is 0. The highest BCUT2D eigenvalue weighted by Crippen LogP contribution is 2.33. The molecule has 0 aliphatic heterocycles. The van der Waals surface area contributed by atoms with Crippen molar-refractivity contribution >= 4 is 27.3 Å². The van der Waals surface area contributed by atoms with Crippen molar-refractivity contribution in [1.29, 1.82) is 0 Å². The molecule has 2 aromatic carbocycles. The lowest BCUT2D eigenvalue weighted by molar-refractivity contribution is -0.384. The normalized spacial score (nSPS) is 10.8. The van der Waals surface area contributed by atoms with Crippen LogP contribution in [-0.4, -0.2) is 9.30 Å². The van der Waals surface area contributed by atoms with Crippen molar-refractivity contribution in [3.8, 4) is 11.3 Å². The minimum atomic E-state index is -0.379. The Labute approximate surface area is 113 Å². The molecule has 0 atom stereocenters. The van der Waals surface area contributed by atoms with E-state index in [4.69, 9.17) is 0 Å². The highest BCUT2D eigenvalue weighted by molar-refractivity contribution is 7.13. The molecule has 3 aromatic rings. The van der Waals surface area contributed by atoms with Crippen molar-refractivity contribution in [3.63, 3.8) is 0 Å². The minimum Gasteiger partial charge on any atom is -0.258 e. The van der Waals surface area contributed by atoms with E-state index < -0.39 is 0 Å². The molecule has 1 aromatic heterocycles. The number of aromatic nitrogens is 1. The zero-order valence-corrected chi connectivity index (χ0v) is 11.0. The molecule has 0 radical (unpaired) electrons. The van der Waals surface area contributed by atoms with Gasteiger partial charge < -0.3 is 0 Å². The van der Waals surface area contributed by atoms with E-state index in [1.165, 1.54) is 23.2 Å². The first-order valence-corrected chi connectivity index (χ1v) is 6.53. The van der Waals surface area contributed by atoms with Crippen molar-refractivity contribution < 1.29 is 4.92 Å². The van der Waals surface area contributed by atoms with Crippen LogP contribution in [0.4, 0.5) is 5.69 Å². The first kappa shape index (κ1) is 11.8. The zero-order valence-electron chi connectivity index (χ0n) is 10.2. The number of hydrogen-bond donors (Lipinski definition) is 0. The maximum Gasteiger partial charge on any atom is 0.270 e. The lowest BCUT2D eigenvalue weighted by atomic mass is 10.1. The number of non-ortho nitro benzene ring substituents is 1. The van der Waals surface area contributed by atoms with Gasteiger partial charge in [-0.15, -0.1) is 0 Å². The van der Waals surface area contributed by atoms with Crippen LogP contribution in [0.2, 0.25) is 0 Å². The molecule has 3 rings (SSSR count). The molecule has 0 saturated carbocycles. The highest BCUT2D eigenvalue weighted by Gasteiger charge is 2.13. The van der Waals surface area contributed by atoms with Crippen molar-refractivity contribution in [2.75, 3.05) is 0 Å². The van der Waals surface area contributed by atoms with Gasteiger partial charge in [-0.25, -0.2) is 0 Å². The van der Waals surface area contributed by atoms with E-state index in [2.05, 4.69) is 4.37 Å². The molecule has 0 spiro atoms. The summed E-state index contributed by atoms with van der Waals surface area (Å²) in [6.45, 7) is 2.02. The van der Waals surface area contributed by atoms with Crippen molar-refractivity contribution in [3.05, 3.63) is 58.1 Å². The Balaban J connectivity index is 2.21. The number of benzene rings is 2. The quantitative estimate of drug-likeness (QED) is 0.518. The molecule has 0 bridgehead atoms. The van der Waals surface area contributed by atoms with Crippen LogP contribution in [0, 0.1) is 17.0 Å². The second-order valence-electron chi connectivity index (χ2n) is 4.33. The Morgan fingerprint density at radius 1 is 1.16 bits per heavy atom. The van der Waals surface area contributed by atoms with Crippen LogP contribution in [0.1, 0.15) is 5.56 Å². The summed E-state index contributed by atoms with van der Waals surface area (Å²) >= 11 is 1.36. The fourth-order valence-electron chi connectivity index (χ4n) is 1.96. The van der Waals surface area contributed by atoms with Crippen LogP contribution in [0.3, 0.4) is 0 Å². The topological polar surface area (TPSA) is 56.0 Å². The summed E-state index contributed by atoms with van der Waals surface area (Å²) in [5.41, 5.74) is 3.07. The predicted molar refractivity (Wildman–Crippen MR) is 76.4 cm³/mol. The third kappa shape index (κ3) is 2.08. The number of fused-ring (bicyclic) bond motifs is 1. The van der Waals surface area contributed by atoms with Crippen molar-refractivity contribution in [1.82, 2.24) is 4.37 Å². The number of nitro benzene ring substituents is 1. The van der Waals surface area contributed by atoms with E-state index in [-0.39, 0.29) is 10.6 Å². The molecule has 0 aliphatic carbocycles. The fraction of sp³-hybridized carbons (Fsp3) is 0.0714. The maximum absolute atomic E-state index is 10.8. The van der Waals surface area contributed by atoms with Crippen LogP contribution in [0.25, 0.3) is 21.3 Å². The number of aryl methyl sites for hydroxylation is 1. The molecule has 5 heteroatoms. The van der Waals surface area contributed by atoms with Gasteiger partial charge in [0, 0.05) is 23.1 Å². The van der Waals surface area contributed by atoms with Gasteiger partial charge in [-0.1, -0.05) is 29.8 Å². The Kier molecular flexibility index (Phi) is 2.76. The molecule has 0 saturated heterocycles. The van der Waals surface area contributed by atoms with Crippen LogP contribution in [0.5, 0.6) is 0 Å². The lowest BCUT2D eigenvalue weighted by Crippen LogP contribution is -1.87. The summed E-state index contributed by atoms with van der Waals surface area (Å²) in [6.07, 6.45) is 0. The number of nitrogens with zero attached hydrogens (tertiary/aromatic N) is 2. The van der Waals surface area contributed by atoms with E-state index in [0.717, 1.165) is 21.3 Å². The van der Waals surface area contributed by atoms with Gasteiger partial charge in [0.15, 0.2) is 0 Å². The molecule has 19 heavy (non-hydrogen) atoms. The van der Waals surface area contributed by atoms with E-state index in [1.807, 2.05) is 31.2 Å². The SMILES string of the molecule is Cc1ccc(-c2nsc3ccc([N+](=O)[O-])cc23)cc1. The maximum atomic E-state index is 10.8. The highest BCUT2D eigenvalue weighted by atomic mass is 32.1. The second kappa shape index (κ2) is 4.44. The number of rotatable bonds is 2. The average Bonchev–Trinajstić information content (AvgIpc) is 2.82. The summed E-state index contributed by atoms with van der Waals surface area (Å²) in [5.74, 6) is 0. The summed E-state index contributed by atoms with van der Waals surface area (Å²) < 4.78 is 5.37.